The molecule has 0 spiro atoms. The molecule has 0 saturated heterocycles. The van der Waals surface area contributed by atoms with E-state index >= 15 is 0 Å². The van der Waals surface area contributed by atoms with Crippen LogP contribution >= 0.6 is 0 Å². The molecular formula is C65H110O5. The minimum Gasteiger partial charge on any atom is -0.462 e. The standard InChI is InChI=1S/C65H110O5/c1-4-7-10-13-16-19-22-25-28-30-32-34-36-39-42-45-48-51-54-57-60-68-61-63(70-65(67)59-56-53-50-47-44-41-37-27-24-21-18-15-12-9-6-3)62-69-64(66)58-55-52-49-46-43-40-38-35-33-31-29-26-23-20-17-14-11-8-5-2/h7-8,10-11,16-17,19-20,25-26,28-29,32-35,39,42,63H,4-6,9,12-15,18,21-24,27,30-31,36-38,40-41,43-62H2,1-3H3/b10-7-,11-8-,19-16-,20-17-,28-25-,29-26-,34-32-,35-33-,42-39-. The average molecular weight is 972 g/mol. The van der Waals surface area contributed by atoms with Gasteiger partial charge in [0, 0.05) is 19.4 Å². The van der Waals surface area contributed by atoms with E-state index < -0.39 is 6.10 Å². The Bertz CT molecular complexity index is 1380. The maximum Gasteiger partial charge on any atom is 0.306 e. The molecule has 0 amide bonds. The van der Waals surface area contributed by atoms with Gasteiger partial charge in [-0.1, -0.05) is 259 Å². The second-order valence-electron chi connectivity index (χ2n) is 19.1. The first-order valence-corrected chi connectivity index (χ1v) is 29.4. The van der Waals surface area contributed by atoms with Crippen molar-refractivity contribution >= 4 is 11.9 Å². The molecule has 1 unspecified atom stereocenters. The van der Waals surface area contributed by atoms with Crippen molar-refractivity contribution in [3.05, 3.63) is 109 Å². The summed E-state index contributed by atoms with van der Waals surface area (Å²) in [5.41, 5.74) is 0. The van der Waals surface area contributed by atoms with Crippen LogP contribution in [0.4, 0.5) is 0 Å². The maximum atomic E-state index is 12.9. The third-order valence-electron chi connectivity index (χ3n) is 12.3. The van der Waals surface area contributed by atoms with E-state index in [-0.39, 0.29) is 25.2 Å². The molecule has 0 aliphatic rings. The third-order valence-corrected chi connectivity index (χ3v) is 12.3. The molecule has 5 nitrogen and oxygen atoms in total. The van der Waals surface area contributed by atoms with Gasteiger partial charge in [0.05, 0.1) is 6.61 Å². The fourth-order valence-corrected chi connectivity index (χ4v) is 8.00. The zero-order chi connectivity index (χ0) is 50.6. The van der Waals surface area contributed by atoms with Gasteiger partial charge in [0.15, 0.2) is 6.10 Å². The molecule has 70 heavy (non-hydrogen) atoms. The van der Waals surface area contributed by atoms with E-state index in [1.54, 1.807) is 0 Å². The van der Waals surface area contributed by atoms with E-state index in [4.69, 9.17) is 14.2 Å². The zero-order valence-electron chi connectivity index (χ0n) is 46.0. The van der Waals surface area contributed by atoms with E-state index in [2.05, 4.69) is 130 Å². The summed E-state index contributed by atoms with van der Waals surface area (Å²) >= 11 is 0. The van der Waals surface area contributed by atoms with E-state index in [0.717, 1.165) is 116 Å². The Labute approximate surface area is 434 Å². The maximum absolute atomic E-state index is 12.9. The summed E-state index contributed by atoms with van der Waals surface area (Å²) in [6.07, 6.45) is 82.5. The number of carbonyl (C=O) groups excluding carboxylic acids is 2. The highest BCUT2D eigenvalue weighted by Gasteiger charge is 2.17. The van der Waals surface area contributed by atoms with Gasteiger partial charge in [0.1, 0.15) is 6.61 Å². The van der Waals surface area contributed by atoms with Crippen LogP contribution in [0.2, 0.25) is 0 Å². The molecule has 0 aliphatic heterocycles. The second kappa shape index (κ2) is 59.9. The molecular weight excluding hydrogens is 861 g/mol. The highest BCUT2D eigenvalue weighted by atomic mass is 16.6. The molecule has 0 aromatic heterocycles. The number of carbonyl (C=O) groups is 2. The SMILES string of the molecule is CC/C=C\C/C=C\C/C=C\C/C=C\C/C=C\CCCCCCOCC(COC(=O)CCCCCCCC/C=C\C/C=C\C/C=C\C/C=C\CC)OC(=O)CCCCCCCCCCCCCCCCC. The predicted octanol–water partition coefficient (Wildman–Crippen LogP) is 20.3. The van der Waals surface area contributed by atoms with Crippen LogP contribution in [0.5, 0.6) is 0 Å². The highest BCUT2D eigenvalue weighted by Crippen LogP contribution is 2.15. The Morgan fingerprint density at radius 1 is 0.329 bits per heavy atom. The first-order valence-electron chi connectivity index (χ1n) is 29.4. The normalized spacial score (nSPS) is 13.0. The van der Waals surface area contributed by atoms with Gasteiger partial charge in [-0.2, -0.15) is 0 Å². The molecule has 1 atom stereocenters. The number of ether oxygens (including phenoxy) is 3. The van der Waals surface area contributed by atoms with Crippen LogP contribution in [0.25, 0.3) is 0 Å². The Balaban J connectivity index is 4.36. The zero-order valence-corrected chi connectivity index (χ0v) is 46.0. The molecule has 0 aromatic carbocycles. The Morgan fingerprint density at radius 3 is 1.03 bits per heavy atom. The quantitative estimate of drug-likeness (QED) is 0.0345. The van der Waals surface area contributed by atoms with Crippen molar-refractivity contribution in [2.45, 2.75) is 271 Å². The van der Waals surface area contributed by atoms with Gasteiger partial charge in [-0.3, -0.25) is 9.59 Å². The van der Waals surface area contributed by atoms with Crippen LogP contribution in [0, 0.1) is 0 Å². The molecule has 0 radical (unpaired) electrons. The van der Waals surface area contributed by atoms with Crippen molar-refractivity contribution in [1.29, 1.82) is 0 Å². The Hall–Kier alpha value is -3.44. The van der Waals surface area contributed by atoms with E-state index in [1.807, 2.05) is 0 Å². The summed E-state index contributed by atoms with van der Waals surface area (Å²) in [7, 11) is 0. The number of unbranched alkanes of at least 4 members (excludes halogenated alkanes) is 24. The largest absolute Gasteiger partial charge is 0.462 e. The van der Waals surface area contributed by atoms with Crippen molar-refractivity contribution in [2.75, 3.05) is 19.8 Å². The fourth-order valence-electron chi connectivity index (χ4n) is 8.00. The van der Waals surface area contributed by atoms with Crippen molar-refractivity contribution in [3.8, 4) is 0 Å². The van der Waals surface area contributed by atoms with E-state index in [1.165, 1.54) is 116 Å². The minimum atomic E-state index is -0.562. The molecule has 400 valence electrons. The molecule has 0 saturated carbocycles. The minimum absolute atomic E-state index is 0.0635. The predicted molar refractivity (Wildman–Crippen MR) is 306 cm³/mol. The first-order chi connectivity index (χ1) is 34.6. The van der Waals surface area contributed by atoms with Gasteiger partial charge in [-0.05, 0) is 103 Å². The van der Waals surface area contributed by atoms with Gasteiger partial charge >= 0.3 is 11.9 Å². The molecule has 0 aliphatic carbocycles. The Kier molecular flexibility index (Phi) is 56.9. The Morgan fingerprint density at radius 2 is 0.643 bits per heavy atom. The van der Waals surface area contributed by atoms with Gasteiger partial charge in [0.2, 0.25) is 0 Å². The summed E-state index contributed by atoms with van der Waals surface area (Å²) in [6, 6.07) is 0. The lowest BCUT2D eigenvalue weighted by molar-refractivity contribution is -0.163. The summed E-state index contributed by atoms with van der Waals surface area (Å²) in [6.45, 7) is 7.55. The summed E-state index contributed by atoms with van der Waals surface area (Å²) in [4.78, 5) is 25.6. The summed E-state index contributed by atoms with van der Waals surface area (Å²) in [5, 5.41) is 0. The third kappa shape index (κ3) is 57.1. The van der Waals surface area contributed by atoms with Crippen LogP contribution in [-0.4, -0.2) is 37.9 Å². The lowest BCUT2D eigenvalue weighted by atomic mass is 10.0. The van der Waals surface area contributed by atoms with Crippen LogP contribution in [-0.2, 0) is 23.8 Å². The molecule has 0 heterocycles. The van der Waals surface area contributed by atoms with E-state index in [9.17, 15) is 9.59 Å². The number of allylic oxidation sites excluding steroid dienone is 18. The lowest BCUT2D eigenvalue weighted by Crippen LogP contribution is -2.30. The lowest BCUT2D eigenvalue weighted by Gasteiger charge is -2.18. The van der Waals surface area contributed by atoms with Crippen LogP contribution < -0.4 is 0 Å². The van der Waals surface area contributed by atoms with Crippen LogP contribution in [0.1, 0.15) is 265 Å². The van der Waals surface area contributed by atoms with Crippen molar-refractivity contribution in [2.24, 2.45) is 0 Å². The number of hydrogen-bond acceptors (Lipinski definition) is 5. The van der Waals surface area contributed by atoms with Crippen LogP contribution in [0.15, 0.2) is 109 Å². The fraction of sp³-hybridized carbons (Fsp3) is 0.692. The van der Waals surface area contributed by atoms with Crippen molar-refractivity contribution in [1.82, 2.24) is 0 Å². The van der Waals surface area contributed by atoms with Gasteiger partial charge in [0.25, 0.3) is 0 Å². The molecule has 0 N–H and O–H groups in total. The van der Waals surface area contributed by atoms with E-state index in [0.29, 0.717) is 19.4 Å². The first kappa shape index (κ1) is 66.6. The van der Waals surface area contributed by atoms with Gasteiger partial charge < -0.3 is 14.2 Å². The van der Waals surface area contributed by atoms with Crippen LogP contribution in [0.3, 0.4) is 0 Å². The van der Waals surface area contributed by atoms with Crippen molar-refractivity contribution < 1.29 is 23.8 Å². The topological polar surface area (TPSA) is 61.8 Å². The summed E-state index contributed by atoms with van der Waals surface area (Å²) < 4.78 is 17.5. The second-order valence-corrected chi connectivity index (χ2v) is 19.1. The number of hydrogen-bond donors (Lipinski definition) is 0. The monoisotopic (exact) mass is 971 g/mol. The molecule has 0 aromatic rings. The molecule has 0 fully saturated rings. The highest BCUT2D eigenvalue weighted by molar-refractivity contribution is 5.70. The number of esters is 2. The average Bonchev–Trinajstić information content (AvgIpc) is 3.36. The smallest absolute Gasteiger partial charge is 0.306 e. The van der Waals surface area contributed by atoms with Gasteiger partial charge in [-0.15, -0.1) is 0 Å². The van der Waals surface area contributed by atoms with Gasteiger partial charge in [-0.25, -0.2) is 0 Å². The number of rotatable bonds is 53. The molecule has 0 rings (SSSR count). The molecule has 0 bridgehead atoms. The van der Waals surface area contributed by atoms with Crippen molar-refractivity contribution in [3.63, 3.8) is 0 Å². The molecule has 5 heteroatoms. The summed E-state index contributed by atoms with van der Waals surface area (Å²) in [5.74, 6) is -0.424.